The minimum atomic E-state index is -0.320. The Bertz CT molecular complexity index is 913. The predicted molar refractivity (Wildman–Crippen MR) is 94.8 cm³/mol. The van der Waals surface area contributed by atoms with Crippen LogP contribution in [0.1, 0.15) is 24.4 Å². The van der Waals surface area contributed by atoms with Gasteiger partial charge in [-0.3, -0.25) is 4.79 Å². The normalized spacial score (nSPS) is 12.2. The van der Waals surface area contributed by atoms with Crippen LogP contribution in [0.15, 0.2) is 47.7 Å². The summed E-state index contributed by atoms with van der Waals surface area (Å²) in [5.74, 6) is 0.937. The van der Waals surface area contributed by atoms with Crippen LogP contribution in [-0.2, 0) is 7.05 Å². The van der Waals surface area contributed by atoms with E-state index in [1.165, 1.54) is 4.68 Å². The summed E-state index contributed by atoms with van der Waals surface area (Å²) >= 11 is 6.09. The molecule has 0 amide bonds. The maximum absolute atomic E-state index is 11.8. The van der Waals surface area contributed by atoms with Gasteiger partial charge in [0, 0.05) is 31.2 Å². The van der Waals surface area contributed by atoms with Crippen molar-refractivity contribution in [3.63, 3.8) is 0 Å². The minimum absolute atomic E-state index is 0.0191. The SMILES string of the molecule is Cc1nccn1-c1ccc([C@H](C)Nc2cnn(C)c(=O)c2Cl)cc1. The number of aryl methyl sites for hydroxylation is 2. The summed E-state index contributed by atoms with van der Waals surface area (Å²) < 4.78 is 3.23. The summed E-state index contributed by atoms with van der Waals surface area (Å²) in [6.45, 7) is 3.97. The summed E-state index contributed by atoms with van der Waals surface area (Å²) in [7, 11) is 1.57. The van der Waals surface area contributed by atoms with Gasteiger partial charge in [-0.15, -0.1) is 0 Å². The van der Waals surface area contributed by atoms with Crippen molar-refractivity contribution in [1.82, 2.24) is 19.3 Å². The molecule has 1 N–H and O–H groups in total. The van der Waals surface area contributed by atoms with Crippen LogP contribution in [0, 0.1) is 6.92 Å². The molecule has 0 bridgehead atoms. The highest BCUT2D eigenvalue weighted by atomic mass is 35.5. The molecule has 7 heteroatoms. The molecule has 1 aromatic carbocycles. The molecule has 3 aromatic rings. The lowest BCUT2D eigenvalue weighted by molar-refractivity contribution is 0.706. The topological polar surface area (TPSA) is 64.7 Å². The lowest BCUT2D eigenvalue weighted by atomic mass is 10.1. The summed E-state index contributed by atoms with van der Waals surface area (Å²) in [5.41, 5.74) is 2.34. The number of hydrogen-bond donors (Lipinski definition) is 1. The number of benzene rings is 1. The van der Waals surface area contributed by atoms with E-state index in [0.29, 0.717) is 5.69 Å². The smallest absolute Gasteiger partial charge is 0.287 e. The monoisotopic (exact) mass is 343 g/mol. The van der Waals surface area contributed by atoms with E-state index in [9.17, 15) is 4.79 Å². The Morgan fingerprint density at radius 2 is 1.96 bits per heavy atom. The van der Waals surface area contributed by atoms with Gasteiger partial charge in [0.15, 0.2) is 0 Å². The summed E-state index contributed by atoms with van der Waals surface area (Å²) in [6.07, 6.45) is 5.26. The second-order valence-electron chi connectivity index (χ2n) is 5.60. The van der Waals surface area contributed by atoms with E-state index in [4.69, 9.17) is 11.6 Å². The number of halogens is 1. The van der Waals surface area contributed by atoms with Gasteiger partial charge in [-0.25, -0.2) is 9.67 Å². The Balaban J connectivity index is 1.81. The van der Waals surface area contributed by atoms with Gasteiger partial charge in [0.1, 0.15) is 10.8 Å². The molecule has 0 aliphatic rings. The number of nitrogens with one attached hydrogen (secondary N) is 1. The van der Waals surface area contributed by atoms with E-state index in [1.807, 2.05) is 48.9 Å². The molecule has 3 rings (SSSR count). The zero-order valence-corrected chi connectivity index (χ0v) is 14.4. The van der Waals surface area contributed by atoms with Crippen LogP contribution >= 0.6 is 11.6 Å². The fraction of sp³-hybridized carbons (Fsp3) is 0.235. The number of imidazole rings is 1. The van der Waals surface area contributed by atoms with Crippen molar-refractivity contribution in [3.8, 4) is 5.69 Å². The van der Waals surface area contributed by atoms with Gasteiger partial charge >= 0.3 is 0 Å². The number of anilines is 1. The van der Waals surface area contributed by atoms with Crippen LogP contribution < -0.4 is 10.9 Å². The first-order valence-electron chi connectivity index (χ1n) is 7.56. The number of nitrogens with zero attached hydrogens (tertiary/aromatic N) is 4. The fourth-order valence-electron chi connectivity index (χ4n) is 2.50. The average molecular weight is 344 g/mol. The molecule has 0 unspecified atom stereocenters. The largest absolute Gasteiger partial charge is 0.376 e. The zero-order chi connectivity index (χ0) is 17.3. The van der Waals surface area contributed by atoms with Gasteiger partial charge < -0.3 is 9.88 Å². The second-order valence-corrected chi connectivity index (χ2v) is 5.98. The highest BCUT2D eigenvalue weighted by molar-refractivity contribution is 6.32. The average Bonchev–Trinajstić information content (AvgIpc) is 3.01. The van der Waals surface area contributed by atoms with Crippen LogP contribution in [0.5, 0.6) is 0 Å². The van der Waals surface area contributed by atoms with E-state index in [0.717, 1.165) is 17.1 Å². The zero-order valence-electron chi connectivity index (χ0n) is 13.7. The van der Waals surface area contributed by atoms with Crippen molar-refractivity contribution < 1.29 is 0 Å². The van der Waals surface area contributed by atoms with Gasteiger partial charge in [-0.05, 0) is 31.5 Å². The maximum atomic E-state index is 11.8. The van der Waals surface area contributed by atoms with Crippen LogP contribution in [0.3, 0.4) is 0 Å². The lowest BCUT2D eigenvalue weighted by Gasteiger charge is -2.17. The molecule has 0 aliphatic carbocycles. The number of rotatable bonds is 4. The van der Waals surface area contributed by atoms with Crippen molar-refractivity contribution in [2.45, 2.75) is 19.9 Å². The molecule has 0 fully saturated rings. The number of aromatic nitrogens is 4. The van der Waals surface area contributed by atoms with Crippen molar-refractivity contribution in [2.24, 2.45) is 7.05 Å². The third kappa shape index (κ3) is 3.05. The Labute approximate surface area is 144 Å². The van der Waals surface area contributed by atoms with Crippen molar-refractivity contribution in [2.75, 3.05) is 5.32 Å². The van der Waals surface area contributed by atoms with Crippen molar-refractivity contribution in [1.29, 1.82) is 0 Å². The maximum Gasteiger partial charge on any atom is 0.287 e. The van der Waals surface area contributed by atoms with E-state index >= 15 is 0 Å². The number of hydrogen-bond acceptors (Lipinski definition) is 4. The van der Waals surface area contributed by atoms with Gasteiger partial charge in [-0.1, -0.05) is 23.7 Å². The molecule has 2 heterocycles. The Hall–Kier alpha value is -2.60. The molecule has 0 aliphatic heterocycles. The Morgan fingerprint density at radius 1 is 1.25 bits per heavy atom. The third-order valence-electron chi connectivity index (χ3n) is 3.95. The van der Waals surface area contributed by atoms with E-state index < -0.39 is 0 Å². The molecule has 6 nitrogen and oxygen atoms in total. The van der Waals surface area contributed by atoms with E-state index in [1.54, 1.807) is 19.4 Å². The minimum Gasteiger partial charge on any atom is -0.376 e. The molecule has 0 saturated carbocycles. The quantitative estimate of drug-likeness (QED) is 0.790. The van der Waals surface area contributed by atoms with E-state index in [-0.39, 0.29) is 16.6 Å². The summed E-state index contributed by atoms with van der Waals surface area (Å²) in [4.78, 5) is 16.1. The molecule has 0 radical (unpaired) electrons. The molecule has 1 atom stereocenters. The van der Waals surface area contributed by atoms with Crippen LogP contribution in [0.25, 0.3) is 5.69 Å². The Morgan fingerprint density at radius 3 is 2.58 bits per heavy atom. The molecular formula is C17H18ClN5O. The summed E-state index contributed by atoms with van der Waals surface area (Å²) in [6, 6.07) is 8.12. The fourth-order valence-corrected chi connectivity index (χ4v) is 2.73. The van der Waals surface area contributed by atoms with Crippen LogP contribution in [0.2, 0.25) is 5.02 Å². The van der Waals surface area contributed by atoms with Gasteiger partial charge in [-0.2, -0.15) is 5.10 Å². The highest BCUT2D eigenvalue weighted by Crippen LogP contribution is 2.23. The van der Waals surface area contributed by atoms with Gasteiger partial charge in [0.2, 0.25) is 0 Å². The van der Waals surface area contributed by atoms with Gasteiger partial charge in [0.05, 0.1) is 11.9 Å². The summed E-state index contributed by atoms with van der Waals surface area (Å²) in [5, 5.41) is 7.37. The lowest BCUT2D eigenvalue weighted by Crippen LogP contribution is -2.21. The first kappa shape index (κ1) is 16.3. The van der Waals surface area contributed by atoms with Crippen molar-refractivity contribution in [3.05, 3.63) is 69.6 Å². The van der Waals surface area contributed by atoms with Crippen LogP contribution in [-0.4, -0.2) is 19.3 Å². The van der Waals surface area contributed by atoms with Gasteiger partial charge in [0.25, 0.3) is 5.56 Å². The third-order valence-corrected chi connectivity index (χ3v) is 4.31. The van der Waals surface area contributed by atoms with Crippen LogP contribution in [0.4, 0.5) is 5.69 Å². The molecular weight excluding hydrogens is 326 g/mol. The molecule has 24 heavy (non-hydrogen) atoms. The predicted octanol–water partition coefficient (Wildman–Crippen LogP) is 3.10. The molecule has 0 saturated heterocycles. The van der Waals surface area contributed by atoms with E-state index in [2.05, 4.69) is 15.4 Å². The standard InChI is InChI=1S/C17H18ClN5O/c1-11(21-15-10-20-22(3)17(24)16(15)18)13-4-6-14(7-5-13)23-9-8-19-12(23)2/h4-11,21H,1-3H3/t11-/m0/s1. The first-order valence-corrected chi connectivity index (χ1v) is 7.94. The molecule has 124 valence electrons. The highest BCUT2D eigenvalue weighted by Gasteiger charge is 2.12. The second kappa shape index (κ2) is 6.49. The molecule has 2 aromatic heterocycles. The molecule has 0 spiro atoms. The van der Waals surface area contributed by atoms with Crippen molar-refractivity contribution >= 4 is 17.3 Å². The Kier molecular flexibility index (Phi) is 4.40. The first-order chi connectivity index (χ1) is 11.5.